The van der Waals surface area contributed by atoms with Gasteiger partial charge in [-0.1, -0.05) is 26.0 Å². The highest BCUT2D eigenvalue weighted by Crippen LogP contribution is 2.23. The maximum absolute atomic E-state index is 5.63. The Kier molecular flexibility index (Phi) is 5.64. The lowest BCUT2D eigenvalue weighted by Crippen LogP contribution is -2.16. The third kappa shape index (κ3) is 3.69. The summed E-state index contributed by atoms with van der Waals surface area (Å²) in [6.45, 7) is 6.00. The lowest BCUT2D eigenvalue weighted by Gasteiger charge is -2.13. The molecule has 1 aromatic carbocycles. The van der Waals surface area contributed by atoms with Gasteiger partial charge in [-0.05, 0) is 17.5 Å². The summed E-state index contributed by atoms with van der Waals surface area (Å²) >= 11 is 5.63. The minimum Gasteiger partial charge on any atom is -0.496 e. The van der Waals surface area contributed by atoms with Crippen LogP contribution >= 0.6 is 11.6 Å². The first-order chi connectivity index (χ1) is 7.69. The fourth-order valence-corrected chi connectivity index (χ4v) is 1.72. The number of halogens is 1. The molecule has 1 N–H and O–H groups in total. The molecule has 0 bridgehead atoms. The van der Waals surface area contributed by atoms with Gasteiger partial charge in [-0.3, -0.25) is 0 Å². The molecular formula is C13H20ClNO. The molecule has 0 amide bonds. The minimum atomic E-state index is 0.540. The Morgan fingerprint density at radius 2 is 2.12 bits per heavy atom. The molecule has 0 atom stereocenters. The SMILES string of the molecule is COc1ccc(C(C)C)cc1CNCCCl. The standard InChI is InChI=1S/C13H20ClNO/c1-10(2)11-4-5-13(16-3)12(8-11)9-15-7-6-14/h4-5,8,10,15H,6-7,9H2,1-3H3. The molecule has 1 aromatic rings. The number of nitrogens with one attached hydrogen (secondary N) is 1. The number of methoxy groups -OCH3 is 1. The van der Waals surface area contributed by atoms with E-state index in [4.69, 9.17) is 16.3 Å². The van der Waals surface area contributed by atoms with Crippen LogP contribution in [0.25, 0.3) is 0 Å². The van der Waals surface area contributed by atoms with Crippen molar-refractivity contribution in [3.63, 3.8) is 0 Å². The summed E-state index contributed by atoms with van der Waals surface area (Å²) in [6.07, 6.45) is 0. The number of benzene rings is 1. The molecule has 0 aromatic heterocycles. The molecule has 1 rings (SSSR count). The average Bonchev–Trinajstić information content (AvgIpc) is 2.29. The summed E-state index contributed by atoms with van der Waals surface area (Å²) in [5.74, 6) is 2.11. The van der Waals surface area contributed by atoms with Gasteiger partial charge in [-0.2, -0.15) is 0 Å². The monoisotopic (exact) mass is 241 g/mol. The largest absolute Gasteiger partial charge is 0.496 e. The Balaban J connectivity index is 2.80. The molecule has 0 aliphatic rings. The number of hydrogen-bond donors (Lipinski definition) is 1. The second kappa shape index (κ2) is 6.77. The summed E-state index contributed by atoms with van der Waals surface area (Å²) in [5.41, 5.74) is 2.53. The van der Waals surface area contributed by atoms with Crippen LogP contribution in [-0.2, 0) is 6.54 Å². The van der Waals surface area contributed by atoms with E-state index in [1.807, 2.05) is 6.07 Å². The van der Waals surface area contributed by atoms with Crippen LogP contribution in [0.3, 0.4) is 0 Å². The minimum absolute atomic E-state index is 0.540. The Labute approximate surface area is 103 Å². The van der Waals surface area contributed by atoms with E-state index in [1.165, 1.54) is 11.1 Å². The fraction of sp³-hybridized carbons (Fsp3) is 0.538. The molecule has 0 aliphatic heterocycles. The molecule has 0 saturated carbocycles. The van der Waals surface area contributed by atoms with Gasteiger partial charge in [-0.15, -0.1) is 11.6 Å². The third-order valence-corrected chi connectivity index (χ3v) is 2.75. The van der Waals surface area contributed by atoms with E-state index >= 15 is 0 Å². The van der Waals surface area contributed by atoms with Crippen LogP contribution < -0.4 is 10.1 Å². The van der Waals surface area contributed by atoms with Crippen LogP contribution in [0.5, 0.6) is 5.75 Å². The van der Waals surface area contributed by atoms with Gasteiger partial charge in [0.2, 0.25) is 0 Å². The highest BCUT2D eigenvalue weighted by atomic mass is 35.5. The summed E-state index contributed by atoms with van der Waals surface area (Å²) in [5, 5.41) is 3.28. The lowest BCUT2D eigenvalue weighted by atomic mass is 10.0. The van der Waals surface area contributed by atoms with Crippen LogP contribution in [0.4, 0.5) is 0 Å². The molecule has 16 heavy (non-hydrogen) atoms. The summed E-state index contributed by atoms with van der Waals surface area (Å²) in [4.78, 5) is 0. The number of ether oxygens (including phenoxy) is 1. The molecule has 0 unspecified atom stereocenters. The van der Waals surface area contributed by atoms with E-state index in [0.29, 0.717) is 11.8 Å². The van der Waals surface area contributed by atoms with E-state index in [9.17, 15) is 0 Å². The molecular weight excluding hydrogens is 222 g/mol. The summed E-state index contributed by atoms with van der Waals surface area (Å²) < 4.78 is 5.34. The average molecular weight is 242 g/mol. The fourth-order valence-electron chi connectivity index (χ4n) is 1.59. The van der Waals surface area contributed by atoms with Crippen molar-refractivity contribution in [3.05, 3.63) is 29.3 Å². The van der Waals surface area contributed by atoms with Crippen LogP contribution in [0.15, 0.2) is 18.2 Å². The Morgan fingerprint density at radius 1 is 1.38 bits per heavy atom. The first-order valence-electron chi connectivity index (χ1n) is 5.62. The normalized spacial score (nSPS) is 10.8. The first kappa shape index (κ1) is 13.3. The quantitative estimate of drug-likeness (QED) is 0.610. The van der Waals surface area contributed by atoms with Gasteiger partial charge < -0.3 is 10.1 Å². The predicted molar refractivity (Wildman–Crippen MR) is 69.5 cm³/mol. The van der Waals surface area contributed by atoms with E-state index in [-0.39, 0.29) is 0 Å². The van der Waals surface area contributed by atoms with Crippen LogP contribution in [-0.4, -0.2) is 19.5 Å². The van der Waals surface area contributed by atoms with E-state index in [2.05, 4.69) is 31.3 Å². The van der Waals surface area contributed by atoms with Crippen LogP contribution in [0.2, 0.25) is 0 Å². The summed E-state index contributed by atoms with van der Waals surface area (Å²) in [7, 11) is 1.70. The van der Waals surface area contributed by atoms with E-state index < -0.39 is 0 Å². The molecule has 0 saturated heterocycles. The Morgan fingerprint density at radius 3 is 2.69 bits per heavy atom. The van der Waals surface area contributed by atoms with Crippen LogP contribution in [0, 0.1) is 0 Å². The van der Waals surface area contributed by atoms with Gasteiger partial charge in [0.25, 0.3) is 0 Å². The zero-order valence-corrected chi connectivity index (χ0v) is 11.0. The zero-order valence-electron chi connectivity index (χ0n) is 10.2. The topological polar surface area (TPSA) is 21.3 Å². The van der Waals surface area contributed by atoms with Gasteiger partial charge in [0, 0.05) is 24.5 Å². The van der Waals surface area contributed by atoms with Crippen molar-refractivity contribution in [1.82, 2.24) is 5.32 Å². The number of rotatable bonds is 6. The van der Waals surface area contributed by atoms with E-state index in [0.717, 1.165) is 18.8 Å². The van der Waals surface area contributed by atoms with Crippen molar-refractivity contribution in [2.24, 2.45) is 0 Å². The van der Waals surface area contributed by atoms with Gasteiger partial charge in [-0.25, -0.2) is 0 Å². The van der Waals surface area contributed by atoms with Gasteiger partial charge >= 0.3 is 0 Å². The third-order valence-electron chi connectivity index (χ3n) is 2.56. The number of hydrogen-bond acceptors (Lipinski definition) is 2. The molecule has 0 fully saturated rings. The van der Waals surface area contributed by atoms with Crippen molar-refractivity contribution in [2.75, 3.05) is 19.5 Å². The zero-order chi connectivity index (χ0) is 12.0. The molecule has 0 spiro atoms. The number of alkyl halides is 1. The smallest absolute Gasteiger partial charge is 0.123 e. The second-order valence-electron chi connectivity index (χ2n) is 4.09. The van der Waals surface area contributed by atoms with Gasteiger partial charge in [0.05, 0.1) is 7.11 Å². The molecule has 2 nitrogen and oxygen atoms in total. The Bertz CT molecular complexity index is 326. The molecule has 0 radical (unpaired) electrons. The highest BCUT2D eigenvalue weighted by Gasteiger charge is 2.06. The van der Waals surface area contributed by atoms with Crippen molar-refractivity contribution < 1.29 is 4.74 Å². The molecule has 90 valence electrons. The highest BCUT2D eigenvalue weighted by molar-refractivity contribution is 6.18. The van der Waals surface area contributed by atoms with Gasteiger partial charge in [0.15, 0.2) is 0 Å². The molecule has 3 heteroatoms. The van der Waals surface area contributed by atoms with Gasteiger partial charge in [0.1, 0.15) is 5.75 Å². The maximum Gasteiger partial charge on any atom is 0.123 e. The lowest BCUT2D eigenvalue weighted by molar-refractivity contribution is 0.407. The maximum atomic E-state index is 5.63. The van der Waals surface area contributed by atoms with Crippen molar-refractivity contribution >= 4 is 11.6 Å². The second-order valence-corrected chi connectivity index (χ2v) is 4.47. The van der Waals surface area contributed by atoms with Crippen molar-refractivity contribution in [1.29, 1.82) is 0 Å². The molecule has 0 aliphatic carbocycles. The van der Waals surface area contributed by atoms with Crippen molar-refractivity contribution in [2.45, 2.75) is 26.3 Å². The van der Waals surface area contributed by atoms with Crippen molar-refractivity contribution in [3.8, 4) is 5.75 Å². The Hall–Kier alpha value is -0.730. The van der Waals surface area contributed by atoms with E-state index in [1.54, 1.807) is 7.11 Å². The molecule has 0 heterocycles. The van der Waals surface area contributed by atoms with Crippen LogP contribution in [0.1, 0.15) is 30.9 Å². The summed E-state index contributed by atoms with van der Waals surface area (Å²) in [6, 6.07) is 6.35. The predicted octanol–water partition coefficient (Wildman–Crippen LogP) is 3.15. The first-order valence-corrected chi connectivity index (χ1v) is 6.16.